The van der Waals surface area contributed by atoms with Crippen LogP contribution in [0.4, 0.5) is 0 Å². The molecule has 5 nitrogen and oxygen atoms in total. The molecule has 0 aromatic heterocycles. The summed E-state index contributed by atoms with van der Waals surface area (Å²) in [5.41, 5.74) is 0. The van der Waals surface area contributed by atoms with Gasteiger partial charge in [-0.3, -0.25) is 4.18 Å². The van der Waals surface area contributed by atoms with Crippen LogP contribution in [0, 0.1) is 23.7 Å². The highest BCUT2D eigenvalue weighted by molar-refractivity contribution is 7.80. The Hall–Kier alpha value is -0.170. The van der Waals surface area contributed by atoms with Crippen LogP contribution >= 0.6 is 0 Å². The van der Waals surface area contributed by atoms with E-state index < -0.39 is 10.4 Å². The second-order valence-corrected chi connectivity index (χ2v) is 9.51. The average Bonchev–Trinajstić information content (AvgIpc) is 2.22. The number of hydrogen-bond donors (Lipinski definition) is 0. The minimum absolute atomic E-state index is 0.0914. The summed E-state index contributed by atoms with van der Waals surface area (Å²) in [7, 11) is -4.42. The molecule has 0 aliphatic rings. The van der Waals surface area contributed by atoms with Crippen molar-refractivity contribution in [1.29, 1.82) is 0 Å². The van der Waals surface area contributed by atoms with Crippen LogP contribution in [0.15, 0.2) is 0 Å². The summed E-state index contributed by atoms with van der Waals surface area (Å²) in [6, 6.07) is 0. The first-order valence-electron chi connectivity index (χ1n) is 9.18. The Balaban J connectivity index is 0. The topological polar surface area (TPSA) is 66.4 Å². The Morgan fingerprint density at radius 1 is 0.750 bits per heavy atom. The van der Waals surface area contributed by atoms with Crippen LogP contribution in [0.2, 0.25) is 0 Å². The van der Waals surface area contributed by atoms with Crippen molar-refractivity contribution in [3.8, 4) is 0 Å². The average molecular weight is 368 g/mol. The van der Waals surface area contributed by atoms with Gasteiger partial charge in [0.15, 0.2) is 0 Å². The van der Waals surface area contributed by atoms with Crippen LogP contribution in [0.25, 0.3) is 0 Å². The molecule has 0 fully saturated rings. The Bertz CT molecular complexity index is 358. The molecule has 0 N–H and O–H groups in total. The summed E-state index contributed by atoms with van der Waals surface area (Å²) in [4.78, 5) is 0. The third kappa shape index (κ3) is 16.7. The van der Waals surface area contributed by atoms with Crippen molar-refractivity contribution in [3.05, 3.63) is 0 Å². The minimum atomic E-state index is -4.42. The second-order valence-electron chi connectivity index (χ2n) is 8.46. The Kier molecular flexibility index (Phi) is 13.3. The van der Waals surface area contributed by atoms with Crippen molar-refractivity contribution in [2.45, 2.75) is 62.3 Å². The van der Waals surface area contributed by atoms with Gasteiger partial charge in [-0.2, -0.15) is 0 Å². The molecule has 0 heterocycles. The molecule has 0 spiro atoms. The minimum Gasteiger partial charge on any atom is -0.726 e. The number of quaternary nitrogens is 1. The third-order valence-corrected chi connectivity index (χ3v) is 3.80. The summed E-state index contributed by atoms with van der Waals surface area (Å²) in [5, 5.41) is 0. The maximum Gasteiger partial charge on any atom is 0.217 e. The number of hydrogen-bond acceptors (Lipinski definition) is 4. The predicted molar refractivity (Wildman–Crippen MR) is 100 cm³/mol. The Morgan fingerprint density at radius 3 is 1.08 bits per heavy atom. The number of nitrogens with zero attached hydrogens (tertiary/aromatic N) is 1. The zero-order chi connectivity index (χ0) is 19.6. The highest BCUT2D eigenvalue weighted by Crippen LogP contribution is 2.21. The first kappa shape index (κ1) is 26.1. The van der Waals surface area contributed by atoms with Gasteiger partial charge in [0.25, 0.3) is 0 Å². The van der Waals surface area contributed by atoms with Gasteiger partial charge in [0.2, 0.25) is 10.4 Å². The van der Waals surface area contributed by atoms with Gasteiger partial charge in [0.1, 0.15) is 0 Å². The summed E-state index contributed by atoms with van der Waals surface area (Å²) >= 11 is 0. The van der Waals surface area contributed by atoms with Crippen LogP contribution in [0.3, 0.4) is 0 Å². The van der Waals surface area contributed by atoms with E-state index in [9.17, 15) is 13.0 Å². The van der Waals surface area contributed by atoms with E-state index in [1.54, 1.807) is 0 Å². The molecule has 0 amide bonds. The quantitative estimate of drug-likeness (QED) is 0.333. The normalized spacial score (nSPS) is 12.9. The first-order valence-corrected chi connectivity index (χ1v) is 10.5. The van der Waals surface area contributed by atoms with Crippen LogP contribution in [0.1, 0.15) is 62.3 Å². The molecule has 148 valence electrons. The van der Waals surface area contributed by atoms with Gasteiger partial charge >= 0.3 is 0 Å². The lowest BCUT2D eigenvalue weighted by Gasteiger charge is -2.44. The van der Waals surface area contributed by atoms with Crippen LogP contribution < -0.4 is 0 Å². The van der Waals surface area contributed by atoms with Crippen LogP contribution in [-0.4, -0.2) is 50.2 Å². The van der Waals surface area contributed by atoms with Gasteiger partial charge in [-0.15, -0.1) is 0 Å². The largest absolute Gasteiger partial charge is 0.726 e. The second kappa shape index (κ2) is 12.2. The van der Waals surface area contributed by atoms with E-state index in [2.05, 4.69) is 59.6 Å². The maximum atomic E-state index is 9.45. The van der Waals surface area contributed by atoms with E-state index >= 15 is 0 Å². The van der Waals surface area contributed by atoms with E-state index in [1.807, 2.05) is 0 Å². The third-order valence-electron chi connectivity index (χ3n) is 3.27. The SMILES string of the molecule is CC(C)C[N+](CC(C)C)(CC(C)C)CC(C)C.CCOS(=O)(=O)[O-]. The first-order chi connectivity index (χ1) is 10.7. The lowest BCUT2D eigenvalue weighted by molar-refractivity contribution is -0.938. The van der Waals surface area contributed by atoms with Crippen molar-refractivity contribution in [2.24, 2.45) is 23.7 Å². The zero-order valence-corrected chi connectivity index (χ0v) is 18.1. The summed E-state index contributed by atoms with van der Waals surface area (Å²) < 4.78 is 33.3. The summed E-state index contributed by atoms with van der Waals surface area (Å²) in [6.45, 7) is 25.7. The van der Waals surface area contributed by atoms with E-state index in [4.69, 9.17) is 0 Å². The highest BCUT2D eigenvalue weighted by atomic mass is 32.3. The van der Waals surface area contributed by atoms with Crippen molar-refractivity contribution >= 4 is 10.4 Å². The molecule has 0 aromatic carbocycles. The maximum absolute atomic E-state index is 9.45. The van der Waals surface area contributed by atoms with Crippen LogP contribution in [0.5, 0.6) is 0 Å². The molecule has 0 bridgehead atoms. The molecule has 6 heteroatoms. The fraction of sp³-hybridized carbons (Fsp3) is 1.00. The van der Waals surface area contributed by atoms with Gasteiger partial charge in [-0.1, -0.05) is 55.4 Å². The van der Waals surface area contributed by atoms with Gasteiger partial charge in [-0.05, 0) is 6.92 Å². The molecule has 0 aromatic rings. The molecular formula is C18H41NO4S. The lowest BCUT2D eigenvalue weighted by atomic mass is 10.0. The van der Waals surface area contributed by atoms with Gasteiger partial charge in [0.05, 0.1) is 32.8 Å². The Morgan fingerprint density at radius 2 is 1.00 bits per heavy atom. The molecule has 24 heavy (non-hydrogen) atoms. The lowest BCUT2D eigenvalue weighted by Crippen LogP contribution is -2.56. The molecule has 0 aliphatic carbocycles. The molecule has 0 saturated heterocycles. The fourth-order valence-electron chi connectivity index (χ4n) is 3.69. The van der Waals surface area contributed by atoms with Gasteiger partial charge in [0, 0.05) is 23.7 Å². The molecule has 0 unspecified atom stereocenters. The molecule has 0 rings (SSSR count). The van der Waals surface area contributed by atoms with Crippen molar-refractivity contribution in [1.82, 2.24) is 0 Å². The molecule has 0 aliphatic heterocycles. The van der Waals surface area contributed by atoms with E-state index in [-0.39, 0.29) is 6.61 Å². The van der Waals surface area contributed by atoms with E-state index in [0.29, 0.717) is 0 Å². The van der Waals surface area contributed by atoms with Crippen molar-refractivity contribution in [2.75, 3.05) is 32.8 Å². The predicted octanol–water partition coefficient (Wildman–Crippen LogP) is 3.91. The van der Waals surface area contributed by atoms with Gasteiger partial charge < -0.3 is 9.04 Å². The van der Waals surface area contributed by atoms with Crippen molar-refractivity contribution in [3.63, 3.8) is 0 Å². The number of rotatable bonds is 10. The molecular weight excluding hydrogens is 326 g/mol. The van der Waals surface area contributed by atoms with E-state index in [1.165, 1.54) is 37.6 Å². The van der Waals surface area contributed by atoms with Crippen LogP contribution in [-0.2, 0) is 14.6 Å². The van der Waals surface area contributed by atoms with Gasteiger partial charge in [-0.25, -0.2) is 8.42 Å². The zero-order valence-electron chi connectivity index (χ0n) is 17.3. The monoisotopic (exact) mass is 367 g/mol. The van der Waals surface area contributed by atoms with Crippen molar-refractivity contribution < 1.29 is 21.6 Å². The molecule has 0 atom stereocenters. The highest BCUT2D eigenvalue weighted by Gasteiger charge is 2.31. The van der Waals surface area contributed by atoms with E-state index in [0.717, 1.165) is 23.7 Å². The molecule has 0 radical (unpaired) electrons. The fourth-order valence-corrected chi connectivity index (χ4v) is 3.98. The molecule has 0 saturated carbocycles. The standard InChI is InChI=1S/C16H36N.C2H6O4S/c1-13(2)9-17(10-14(3)4,11-15(5)6)12-16(7)8;1-2-6-7(3,4)5/h13-16H,9-12H2,1-8H3;2H2,1H3,(H,3,4,5)/q+1;/p-1. The Labute approximate surface area is 151 Å². The summed E-state index contributed by atoms with van der Waals surface area (Å²) in [5.74, 6) is 3.19. The smallest absolute Gasteiger partial charge is 0.217 e. The summed E-state index contributed by atoms with van der Waals surface area (Å²) in [6.07, 6.45) is 0.